The largest absolute Gasteiger partial charge is 0.333 e. The zero-order chi connectivity index (χ0) is 14.8. The molecule has 0 radical (unpaired) electrons. The molecule has 114 valence electrons. The molecule has 0 amide bonds. The lowest BCUT2D eigenvalue weighted by Gasteiger charge is -2.22. The molecule has 0 saturated heterocycles. The summed E-state index contributed by atoms with van der Waals surface area (Å²) in [5.74, 6) is 1.59. The standard InChI is InChI=1S/C14H17N7S/c1-3-20-6-12(7-21-11-15-10-18-21)5-19(8-13(20)16-1)9-14-17-2-4-22-14/h1-4,10-12H,5-9H2/t12-/m1/s1. The molecule has 0 aliphatic carbocycles. The van der Waals surface area contributed by atoms with Crippen molar-refractivity contribution in [3.63, 3.8) is 0 Å². The van der Waals surface area contributed by atoms with Crippen LogP contribution in [0, 0.1) is 5.92 Å². The average molecular weight is 315 g/mol. The van der Waals surface area contributed by atoms with Crippen molar-refractivity contribution in [3.8, 4) is 0 Å². The molecule has 1 aliphatic heterocycles. The lowest BCUT2D eigenvalue weighted by atomic mass is 10.1. The average Bonchev–Trinajstić information content (AvgIpc) is 3.22. The Bertz CT molecular complexity index is 645. The van der Waals surface area contributed by atoms with E-state index >= 15 is 0 Å². The van der Waals surface area contributed by atoms with Crippen molar-refractivity contribution in [1.29, 1.82) is 0 Å². The van der Waals surface area contributed by atoms with E-state index in [1.807, 2.05) is 22.5 Å². The number of nitrogens with zero attached hydrogens (tertiary/aromatic N) is 7. The van der Waals surface area contributed by atoms with Crippen LogP contribution < -0.4 is 0 Å². The minimum absolute atomic E-state index is 0.470. The highest BCUT2D eigenvalue weighted by Gasteiger charge is 2.23. The van der Waals surface area contributed by atoms with Crippen LogP contribution in [0.5, 0.6) is 0 Å². The normalized spacial score (nSPS) is 19.0. The minimum atomic E-state index is 0.470. The molecule has 1 atom stereocenters. The maximum Gasteiger partial charge on any atom is 0.137 e. The van der Waals surface area contributed by atoms with Crippen molar-refractivity contribution in [3.05, 3.63) is 47.5 Å². The number of hydrogen-bond donors (Lipinski definition) is 0. The SMILES string of the molecule is c1csc(CN2Cc3nccn3C[C@H](Cn3cncn3)C2)n1. The van der Waals surface area contributed by atoms with Gasteiger partial charge in [0.1, 0.15) is 23.5 Å². The monoisotopic (exact) mass is 315 g/mol. The van der Waals surface area contributed by atoms with Gasteiger partial charge in [-0.15, -0.1) is 11.3 Å². The predicted octanol–water partition coefficient (Wildman–Crippen LogP) is 1.26. The Kier molecular flexibility index (Phi) is 3.69. The Morgan fingerprint density at radius 2 is 2.23 bits per heavy atom. The Morgan fingerprint density at radius 3 is 3.05 bits per heavy atom. The summed E-state index contributed by atoms with van der Waals surface area (Å²) in [5.41, 5.74) is 0. The summed E-state index contributed by atoms with van der Waals surface area (Å²) < 4.78 is 4.16. The van der Waals surface area contributed by atoms with Crippen LogP contribution in [0.2, 0.25) is 0 Å². The highest BCUT2D eigenvalue weighted by atomic mass is 32.1. The van der Waals surface area contributed by atoms with E-state index in [9.17, 15) is 0 Å². The first kappa shape index (κ1) is 13.6. The molecule has 3 aromatic heterocycles. The van der Waals surface area contributed by atoms with Crippen molar-refractivity contribution in [2.24, 2.45) is 5.92 Å². The van der Waals surface area contributed by atoms with Gasteiger partial charge in [0, 0.05) is 49.5 Å². The number of imidazole rings is 1. The highest BCUT2D eigenvalue weighted by molar-refractivity contribution is 7.09. The Hall–Kier alpha value is -2.06. The molecule has 1 aliphatic rings. The summed E-state index contributed by atoms with van der Waals surface area (Å²) in [6, 6.07) is 0. The first-order valence-electron chi connectivity index (χ1n) is 7.30. The number of hydrogen-bond acceptors (Lipinski definition) is 6. The maximum absolute atomic E-state index is 4.50. The summed E-state index contributed by atoms with van der Waals surface area (Å²) in [7, 11) is 0. The molecule has 0 bridgehead atoms. The van der Waals surface area contributed by atoms with E-state index in [1.165, 1.54) is 0 Å². The van der Waals surface area contributed by atoms with Crippen molar-refractivity contribution in [1.82, 2.24) is 34.2 Å². The van der Waals surface area contributed by atoms with Gasteiger partial charge in [0.15, 0.2) is 0 Å². The summed E-state index contributed by atoms with van der Waals surface area (Å²) in [6.07, 6.45) is 9.19. The second-order valence-corrected chi connectivity index (χ2v) is 6.55. The third-order valence-electron chi connectivity index (χ3n) is 3.89. The maximum atomic E-state index is 4.50. The van der Waals surface area contributed by atoms with Gasteiger partial charge in [0.2, 0.25) is 0 Å². The van der Waals surface area contributed by atoms with Gasteiger partial charge in [0.05, 0.1) is 13.1 Å². The molecule has 0 aromatic carbocycles. The number of aromatic nitrogens is 6. The molecule has 0 saturated carbocycles. The van der Waals surface area contributed by atoms with E-state index < -0.39 is 0 Å². The summed E-state index contributed by atoms with van der Waals surface area (Å²) in [6.45, 7) is 4.57. The van der Waals surface area contributed by atoms with Crippen LogP contribution in [0.1, 0.15) is 10.8 Å². The van der Waals surface area contributed by atoms with Crippen LogP contribution in [-0.4, -0.2) is 40.7 Å². The summed E-state index contributed by atoms with van der Waals surface area (Å²) >= 11 is 1.71. The molecule has 0 N–H and O–H groups in total. The summed E-state index contributed by atoms with van der Waals surface area (Å²) in [5, 5.41) is 7.42. The quantitative estimate of drug-likeness (QED) is 0.725. The second kappa shape index (κ2) is 5.98. The third kappa shape index (κ3) is 2.93. The van der Waals surface area contributed by atoms with E-state index in [2.05, 4.69) is 35.7 Å². The first-order chi connectivity index (χ1) is 10.9. The van der Waals surface area contributed by atoms with E-state index in [4.69, 9.17) is 0 Å². The van der Waals surface area contributed by atoms with Crippen LogP contribution in [0.3, 0.4) is 0 Å². The molecule has 7 nitrogen and oxygen atoms in total. The van der Waals surface area contributed by atoms with Crippen LogP contribution in [0.4, 0.5) is 0 Å². The molecular weight excluding hydrogens is 298 g/mol. The van der Waals surface area contributed by atoms with Gasteiger partial charge < -0.3 is 4.57 Å². The first-order valence-corrected chi connectivity index (χ1v) is 8.18. The zero-order valence-electron chi connectivity index (χ0n) is 12.1. The summed E-state index contributed by atoms with van der Waals surface area (Å²) in [4.78, 5) is 15.4. The molecule has 4 heterocycles. The van der Waals surface area contributed by atoms with Gasteiger partial charge in [-0.05, 0) is 0 Å². The van der Waals surface area contributed by atoms with Crippen LogP contribution in [0.25, 0.3) is 0 Å². The van der Waals surface area contributed by atoms with Crippen LogP contribution in [-0.2, 0) is 26.2 Å². The van der Waals surface area contributed by atoms with Crippen molar-refractivity contribution >= 4 is 11.3 Å². The van der Waals surface area contributed by atoms with Crippen molar-refractivity contribution in [2.45, 2.75) is 26.2 Å². The molecule has 8 heteroatoms. The molecule has 3 aromatic rings. The van der Waals surface area contributed by atoms with Crippen molar-refractivity contribution < 1.29 is 0 Å². The lowest BCUT2D eigenvalue weighted by Crippen LogP contribution is -2.30. The molecule has 4 rings (SSSR count). The molecular formula is C14H17N7S. The topological polar surface area (TPSA) is 64.7 Å². The minimum Gasteiger partial charge on any atom is -0.333 e. The van der Waals surface area contributed by atoms with E-state index in [-0.39, 0.29) is 0 Å². The Balaban J connectivity index is 1.54. The third-order valence-corrected chi connectivity index (χ3v) is 4.66. The Labute approximate surface area is 132 Å². The van der Waals surface area contributed by atoms with Crippen LogP contribution >= 0.6 is 11.3 Å². The second-order valence-electron chi connectivity index (χ2n) is 5.57. The highest BCUT2D eigenvalue weighted by Crippen LogP contribution is 2.19. The molecule has 0 fully saturated rings. The molecule has 0 spiro atoms. The van der Waals surface area contributed by atoms with Gasteiger partial charge in [-0.1, -0.05) is 0 Å². The smallest absolute Gasteiger partial charge is 0.137 e. The van der Waals surface area contributed by atoms with Gasteiger partial charge in [-0.2, -0.15) is 5.10 Å². The van der Waals surface area contributed by atoms with Gasteiger partial charge in [-0.25, -0.2) is 15.0 Å². The van der Waals surface area contributed by atoms with Crippen molar-refractivity contribution in [2.75, 3.05) is 6.54 Å². The van der Waals surface area contributed by atoms with E-state index in [0.29, 0.717) is 5.92 Å². The van der Waals surface area contributed by atoms with Gasteiger partial charge >= 0.3 is 0 Å². The molecule has 22 heavy (non-hydrogen) atoms. The Morgan fingerprint density at radius 1 is 1.23 bits per heavy atom. The molecule has 0 unspecified atom stereocenters. The van der Waals surface area contributed by atoms with Gasteiger partial charge in [0.25, 0.3) is 0 Å². The zero-order valence-corrected chi connectivity index (χ0v) is 12.9. The predicted molar refractivity (Wildman–Crippen MR) is 82.0 cm³/mol. The fourth-order valence-corrected chi connectivity index (χ4v) is 3.63. The lowest BCUT2D eigenvalue weighted by molar-refractivity contribution is 0.205. The van der Waals surface area contributed by atoms with Crippen LogP contribution in [0.15, 0.2) is 36.6 Å². The fraction of sp³-hybridized carbons (Fsp3) is 0.429. The fourth-order valence-electron chi connectivity index (χ4n) is 2.97. The van der Waals surface area contributed by atoms with E-state index in [1.54, 1.807) is 24.0 Å². The number of fused-ring (bicyclic) bond motifs is 1. The van der Waals surface area contributed by atoms with E-state index in [0.717, 1.165) is 43.6 Å². The number of rotatable bonds is 4. The van der Waals surface area contributed by atoms with Gasteiger partial charge in [-0.3, -0.25) is 9.58 Å². The number of thiazole rings is 1.